The fourth-order valence-corrected chi connectivity index (χ4v) is 4.45. The molecule has 1 amide bonds. The van der Waals surface area contributed by atoms with Crippen molar-refractivity contribution in [3.63, 3.8) is 0 Å². The minimum atomic E-state index is -0.186. The summed E-state index contributed by atoms with van der Waals surface area (Å²) in [4.78, 5) is 26.6. The number of carbonyl (C=O) groups is 1. The lowest BCUT2D eigenvalue weighted by Crippen LogP contribution is -2.54. The van der Waals surface area contributed by atoms with E-state index < -0.39 is 0 Å². The molecule has 3 heterocycles. The second-order valence-corrected chi connectivity index (χ2v) is 9.17. The number of nitrogens with zero attached hydrogens (tertiary/aromatic N) is 6. The van der Waals surface area contributed by atoms with Crippen LogP contribution >= 0.6 is 0 Å². The Balaban J connectivity index is 0.00000274. The number of nitrogens with one attached hydrogen (secondary N) is 1. The molecule has 5 rings (SSSR count). The molecule has 1 aromatic carbocycles. The summed E-state index contributed by atoms with van der Waals surface area (Å²) in [5, 5.41) is 8.01. The van der Waals surface area contributed by atoms with E-state index in [1.54, 1.807) is 10.9 Å². The van der Waals surface area contributed by atoms with Crippen LogP contribution in [0.3, 0.4) is 0 Å². The van der Waals surface area contributed by atoms with E-state index in [-0.39, 0.29) is 12.9 Å². The number of hydrogen-bond acceptors (Lipinski definition) is 6. The zero-order chi connectivity index (χ0) is 23.0. The van der Waals surface area contributed by atoms with Gasteiger partial charge < -0.3 is 4.90 Å². The SMILES string of the molecule is CN1CCN([C@]2(C)C=CC(C(=O)Nc3ncc4ccc(-c5cnn(C)c5)cc4n3)=CC2)CC1.[HH]. The number of fused-ring (bicyclic) bond motifs is 1. The van der Waals surface area contributed by atoms with Crippen molar-refractivity contribution in [2.45, 2.75) is 18.9 Å². The van der Waals surface area contributed by atoms with Gasteiger partial charge in [0.2, 0.25) is 5.95 Å². The van der Waals surface area contributed by atoms with Crippen LogP contribution in [0.25, 0.3) is 22.0 Å². The van der Waals surface area contributed by atoms with Gasteiger partial charge in [0.25, 0.3) is 5.91 Å². The van der Waals surface area contributed by atoms with Gasteiger partial charge in [-0.15, -0.1) is 0 Å². The Bertz CT molecular complexity index is 1260. The first-order chi connectivity index (χ1) is 15.9. The average molecular weight is 446 g/mol. The van der Waals surface area contributed by atoms with Gasteiger partial charge in [0, 0.05) is 69.1 Å². The van der Waals surface area contributed by atoms with Crippen LogP contribution in [0.15, 0.2) is 60.6 Å². The third-order valence-corrected chi connectivity index (χ3v) is 6.69. The molecule has 1 fully saturated rings. The normalized spacial score (nSPS) is 21.8. The molecule has 2 aromatic heterocycles. The van der Waals surface area contributed by atoms with Gasteiger partial charge in [0.15, 0.2) is 0 Å². The van der Waals surface area contributed by atoms with Gasteiger partial charge in [-0.1, -0.05) is 30.4 Å². The van der Waals surface area contributed by atoms with Crippen LogP contribution < -0.4 is 5.32 Å². The molecule has 0 unspecified atom stereocenters. The summed E-state index contributed by atoms with van der Waals surface area (Å²) in [7, 11) is 4.05. The van der Waals surface area contributed by atoms with Crippen LogP contribution in [-0.2, 0) is 11.8 Å². The molecule has 1 aliphatic heterocycles. The van der Waals surface area contributed by atoms with Crippen molar-refractivity contribution in [2.24, 2.45) is 7.05 Å². The molecular weight excluding hydrogens is 414 g/mol. The van der Waals surface area contributed by atoms with Crippen LogP contribution in [0, 0.1) is 0 Å². The van der Waals surface area contributed by atoms with Crippen LogP contribution in [-0.4, -0.2) is 74.2 Å². The van der Waals surface area contributed by atoms with Gasteiger partial charge in [-0.25, -0.2) is 9.97 Å². The number of aryl methyl sites for hydroxylation is 1. The summed E-state index contributed by atoms with van der Waals surface area (Å²) in [6, 6.07) is 6.00. The summed E-state index contributed by atoms with van der Waals surface area (Å²) in [5.41, 5.74) is 3.41. The van der Waals surface area contributed by atoms with E-state index in [9.17, 15) is 4.79 Å². The molecule has 1 N–H and O–H groups in total. The third kappa shape index (κ3) is 4.44. The number of anilines is 1. The predicted octanol–water partition coefficient (Wildman–Crippen LogP) is 3.11. The van der Waals surface area contributed by atoms with Crippen molar-refractivity contribution in [3.05, 3.63) is 60.6 Å². The Morgan fingerprint density at radius 3 is 2.64 bits per heavy atom. The maximum Gasteiger partial charge on any atom is 0.257 e. The van der Waals surface area contributed by atoms with E-state index in [4.69, 9.17) is 0 Å². The number of benzene rings is 1. The van der Waals surface area contributed by atoms with E-state index in [2.05, 4.69) is 50.2 Å². The zero-order valence-corrected chi connectivity index (χ0v) is 19.3. The smallest absolute Gasteiger partial charge is 0.257 e. The van der Waals surface area contributed by atoms with E-state index in [0.717, 1.165) is 54.6 Å². The Hall–Kier alpha value is -3.36. The Kier molecular flexibility index (Phi) is 5.55. The minimum Gasteiger partial charge on any atom is -0.304 e. The number of amides is 1. The molecule has 1 aliphatic carbocycles. The molecular formula is C25H31N7O. The quantitative estimate of drug-likeness (QED) is 0.665. The van der Waals surface area contributed by atoms with Gasteiger partial charge in [0.1, 0.15) is 0 Å². The predicted molar refractivity (Wildman–Crippen MR) is 132 cm³/mol. The highest BCUT2D eigenvalue weighted by Gasteiger charge is 2.32. The average Bonchev–Trinajstić information content (AvgIpc) is 3.25. The highest BCUT2D eigenvalue weighted by Crippen LogP contribution is 2.29. The molecule has 3 aromatic rings. The van der Waals surface area contributed by atoms with Crippen molar-refractivity contribution in [3.8, 4) is 11.1 Å². The molecule has 0 spiro atoms. The van der Waals surface area contributed by atoms with Gasteiger partial charge in [-0.2, -0.15) is 5.10 Å². The number of hydrogen-bond donors (Lipinski definition) is 1. The van der Waals surface area contributed by atoms with E-state index >= 15 is 0 Å². The first kappa shape index (κ1) is 21.5. The van der Waals surface area contributed by atoms with Gasteiger partial charge in [0.05, 0.1) is 11.7 Å². The van der Waals surface area contributed by atoms with Crippen molar-refractivity contribution in [2.75, 3.05) is 38.5 Å². The van der Waals surface area contributed by atoms with Gasteiger partial charge >= 0.3 is 0 Å². The van der Waals surface area contributed by atoms with Gasteiger partial charge in [-0.3, -0.25) is 19.7 Å². The number of carbonyl (C=O) groups excluding carboxylic acids is 1. The zero-order valence-electron chi connectivity index (χ0n) is 19.3. The van der Waals surface area contributed by atoms with Crippen LogP contribution in [0.2, 0.25) is 0 Å². The summed E-state index contributed by atoms with van der Waals surface area (Å²) >= 11 is 0. The standard InChI is InChI=1S/C25H29N7O.H2/c1-25(32-12-10-30(2)11-13-32)8-6-18(7-9-25)23(33)29-24-26-15-20-5-4-19(14-22(20)28-24)21-16-27-31(3)17-21;/h4-8,14-17H,9-13H2,1-3H3,(H,26,28,29,33);1H/t25-;/m1./s1. The van der Waals surface area contributed by atoms with E-state index in [0.29, 0.717) is 11.5 Å². The Morgan fingerprint density at radius 2 is 1.94 bits per heavy atom. The summed E-state index contributed by atoms with van der Waals surface area (Å²) in [6.45, 7) is 6.47. The molecule has 172 valence electrons. The second kappa shape index (κ2) is 8.53. The number of rotatable bonds is 4. The molecule has 1 saturated heterocycles. The first-order valence-corrected chi connectivity index (χ1v) is 11.3. The van der Waals surface area contributed by atoms with Crippen LogP contribution in [0.5, 0.6) is 0 Å². The van der Waals surface area contributed by atoms with E-state index in [1.807, 2.05) is 49.8 Å². The van der Waals surface area contributed by atoms with Crippen LogP contribution in [0.1, 0.15) is 14.8 Å². The summed E-state index contributed by atoms with van der Waals surface area (Å²) in [6.07, 6.45) is 12.4. The second-order valence-electron chi connectivity index (χ2n) is 9.17. The number of aromatic nitrogens is 4. The van der Waals surface area contributed by atoms with E-state index in [1.165, 1.54) is 0 Å². The maximum atomic E-state index is 12.9. The lowest BCUT2D eigenvalue weighted by atomic mass is 9.88. The molecule has 33 heavy (non-hydrogen) atoms. The van der Waals surface area contributed by atoms with Crippen molar-refractivity contribution in [1.29, 1.82) is 0 Å². The van der Waals surface area contributed by atoms with Crippen molar-refractivity contribution >= 4 is 22.8 Å². The highest BCUT2D eigenvalue weighted by molar-refractivity contribution is 6.05. The fraction of sp³-hybridized carbons (Fsp3) is 0.360. The third-order valence-electron chi connectivity index (χ3n) is 6.69. The summed E-state index contributed by atoms with van der Waals surface area (Å²) < 4.78 is 1.77. The summed E-state index contributed by atoms with van der Waals surface area (Å²) in [5.74, 6) is 0.118. The fourth-order valence-electron chi connectivity index (χ4n) is 4.45. The number of likely N-dealkylation sites (N-methyl/N-ethyl adjacent to an activating group) is 1. The highest BCUT2D eigenvalue weighted by atomic mass is 16.1. The maximum absolute atomic E-state index is 12.9. The molecule has 8 heteroatoms. The molecule has 0 bridgehead atoms. The van der Waals surface area contributed by atoms with Gasteiger partial charge in [-0.05, 0) is 32.0 Å². The minimum absolute atomic E-state index is 0. The molecule has 0 radical (unpaired) electrons. The lowest BCUT2D eigenvalue weighted by Gasteiger charge is -2.44. The molecule has 1 atom stereocenters. The number of piperazine rings is 1. The van der Waals surface area contributed by atoms with Crippen LogP contribution in [0.4, 0.5) is 5.95 Å². The largest absolute Gasteiger partial charge is 0.304 e. The monoisotopic (exact) mass is 445 g/mol. The Labute approximate surface area is 195 Å². The topological polar surface area (TPSA) is 79.2 Å². The van der Waals surface area contributed by atoms with Crippen molar-refractivity contribution < 1.29 is 6.22 Å². The molecule has 2 aliphatic rings. The molecule has 8 nitrogen and oxygen atoms in total. The Morgan fingerprint density at radius 1 is 1.12 bits per heavy atom. The molecule has 0 saturated carbocycles. The lowest BCUT2D eigenvalue weighted by molar-refractivity contribution is -0.112. The first-order valence-electron chi connectivity index (χ1n) is 11.3. The van der Waals surface area contributed by atoms with Crippen molar-refractivity contribution in [1.82, 2.24) is 29.5 Å².